The molecule has 0 atom stereocenters. The zero-order chi connectivity index (χ0) is 10.6. The normalized spacial score (nSPS) is 21.8. The van der Waals surface area contributed by atoms with Crippen molar-refractivity contribution in [3.05, 3.63) is 48.2 Å². The van der Waals surface area contributed by atoms with E-state index >= 15 is 0 Å². The van der Waals surface area contributed by atoms with Gasteiger partial charge in [0, 0.05) is 18.1 Å². The first-order valence-corrected chi connectivity index (χ1v) is 4.67. The van der Waals surface area contributed by atoms with Gasteiger partial charge in [-0.3, -0.25) is 0 Å². The Morgan fingerprint density at radius 1 is 1.43 bits per heavy atom. The molecule has 0 aromatic carbocycles. The van der Waals surface area contributed by atoms with Crippen LogP contribution in [0, 0.1) is 5.92 Å². The third-order valence-electron chi connectivity index (χ3n) is 2.03. The Morgan fingerprint density at radius 3 is 2.64 bits per heavy atom. The minimum Gasteiger partial charge on any atom is -0.403 e. The summed E-state index contributed by atoms with van der Waals surface area (Å²) in [5, 5.41) is 6.43. The Balaban J connectivity index is 2.91. The number of allylic oxidation sites excluding steroid dienone is 3. The van der Waals surface area contributed by atoms with Gasteiger partial charge in [-0.25, -0.2) is 0 Å². The largest absolute Gasteiger partial charge is 0.403 e. The predicted molar refractivity (Wildman–Crippen MR) is 59.7 cm³/mol. The standard InChI is InChI=1S/C11H17N3/c1-4-5-9-10(6-12)14-11(7-13-9)8(2)3/h4-8,13-14H,1,12H2,2-3H3/b9-5+,10-6+. The van der Waals surface area contributed by atoms with Gasteiger partial charge < -0.3 is 16.4 Å². The minimum absolute atomic E-state index is 0.447. The van der Waals surface area contributed by atoms with Crippen LogP contribution in [0.1, 0.15) is 13.8 Å². The molecular weight excluding hydrogens is 174 g/mol. The molecule has 1 aliphatic rings. The van der Waals surface area contributed by atoms with Crippen LogP contribution in [0.5, 0.6) is 0 Å². The highest BCUT2D eigenvalue weighted by Crippen LogP contribution is 2.15. The number of rotatable bonds is 2. The summed E-state index contributed by atoms with van der Waals surface area (Å²) in [5.41, 5.74) is 8.47. The van der Waals surface area contributed by atoms with Gasteiger partial charge in [-0.15, -0.1) is 0 Å². The zero-order valence-electron chi connectivity index (χ0n) is 8.67. The average Bonchev–Trinajstić information content (AvgIpc) is 2.18. The van der Waals surface area contributed by atoms with Crippen LogP contribution < -0.4 is 16.4 Å². The molecular formula is C11H17N3. The second-order valence-corrected chi connectivity index (χ2v) is 3.42. The number of hydrogen-bond donors (Lipinski definition) is 3. The Kier molecular flexibility index (Phi) is 3.40. The summed E-state index contributed by atoms with van der Waals surface area (Å²) in [5.74, 6) is 0.447. The maximum atomic E-state index is 5.52. The van der Waals surface area contributed by atoms with Crippen molar-refractivity contribution in [2.75, 3.05) is 0 Å². The first kappa shape index (κ1) is 10.4. The fourth-order valence-electron chi connectivity index (χ4n) is 1.19. The van der Waals surface area contributed by atoms with Crippen molar-refractivity contribution in [3.63, 3.8) is 0 Å². The molecule has 1 aliphatic heterocycles. The van der Waals surface area contributed by atoms with Crippen molar-refractivity contribution in [1.82, 2.24) is 10.6 Å². The Bertz CT molecular complexity index is 308. The van der Waals surface area contributed by atoms with Crippen LogP contribution in [0.15, 0.2) is 48.2 Å². The third-order valence-corrected chi connectivity index (χ3v) is 2.03. The summed E-state index contributed by atoms with van der Waals surface area (Å²) in [6.07, 6.45) is 7.10. The highest BCUT2D eigenvalue weighted by molar-refractivity contribution is 5.37. The molecule has 4 N–H and O–H groups in total. The highest BCUT2D eigenvalue weighted by atomic mass is 15.0. The fourth-order valence-corrected chi connectivity index (χ4v) is 1.19. The van der Waals surface area contributed by atoms with Gasteiger partial charge in [-0.1, -0.05) is 26.5 Å². The van der Waals surface area contributed by atoms with Crippen molar-refractivity contribution in [3.8, 4) is 0 Å². The molecule has 0 unspecified atom stereocenters. The van der Waals surface area contributed by atoms with Gasteiger partial charge in [-0.05, 0) is 12.0 Å². The third kappa shape index (κ3) is 2.19. The molecule has 0 radical (unpaired) electrons. The average molecular weight is 191 g/mol. The molecule has 3 heteroatoms. The smallest absolute Gasteiger partial charge is 0.0778 e. The Hall–Kier alpha value is -1.64. The van der Waals surface area contributed by atoms with Crippen LogP contribution in [0.4, 0.5) is 0 Å². The second kappa shape index (κ2) is 4.56. The van der Waals surface area contributed by atoms with Crippen molar-refractivity contribution in [2.45, 2.75) is 13.8 Å². The molecule has 0 fully saturated rings. The molecule has 0 aliphatic carbocycles. The van der Waals surface area contributed by atoms with Gasteiger partial charge in [0.1, 0.15) is 0 Å². The first-order valence-electron chi connectivity index (χ1n) is 4.67. The van der Waals surface area contributed by atoms with E-state index in [-0.39, 0.29) is 0 Å². The molecule has 3 nitrogen and oxygen atoms in total. The van der Waals surface area contributed by atoms with Crippen molar-refractivity contribution < 1.29 is 0 Å². The van der Waals surface area contributed by atoms with Crippen molar-refractivity contribution >= 4 is 0 Å². The number of nitrogens with two attached hydrogens (primary N) is 1. The van der Waals surface area contributed by atoms with Gasteiger partial charge in [0.2, 0.25) is 0 Å². The van der Waals surface area contributed by atoms with Crippen molar-refractivity contribution in [1.29, 1.82) is 0 Å². The molecule has 0 saturated carbocycles. The topological polar surface area (TPSA) is 50.1 Å². The molecule has 0 aromatic rings. The van der Waals surface area contributed by atoms with E-state index in [1.165, 1.54) is 0 Å². The van der Waals surface area contributed by atoms with E-state index in [0.717, 1.165) is 17.1 Å². The highest BCUT2D eigenvalue weighted by Gasteiger charge is 2.13. The molecule has 0 saturated heterocycles. The van der Waals surface area contributed by atoms with E-state index in [1.54, 1.807) is 12.3 Å². The first-order chi connectivity index (χ1) is 6.69. The van der Waals surface area contributed by atoms with Crippen LogP contribution >= 0.6 is 0 Å². The summed E-state index contributed by atoms with van der Waals surface area (Å²) < 4.78 is 0. The van der Waals surface area contributed by atoms with Crippen LogP contribution in [-0.2, 0) is 0 Å². The lowest BCUT2D eigenvalue weighted by Gasteiger charge is -2.24. The Morgan fingerprint density at radius 2 is 2.14 bits per heavy atom. The number of hydrogen-bond acceptors (Lipinski definition) is 3. The van der Waals surface area contributed by atoms with E-state index in [9.17, 15) is 0 Å². The molecule has 0 spiro atoms. The van der Waals surface area contributed by atoms with Crippen LogP contribution in [0.25, 0.3) is 0 Å². The van der Waals surface area contributed by atoms with Crippen LogP contribution in [-0.4, -0.2) is 0 Å². The molecule has 1 rings (SSSR count). The lowest BCUT2D eigenvalue weighted by atomic mass is 10.1. The van der Waals surface area contributed by atoms with Crippen LogP contribution in [0.3, 0.4) is 0 Å². The van der Waals surface area contributed by atoms with Gasteiger partial charge in [0.05, 0.1) is 11.4 Å². The zero-order valence-corrected chi connectivity index (χ0v) is 8.67. The van der Waals surface area contributed by atoms with E-state index < -0.39 is 0 Å². The van der Waals surface area contributed by atoms with Crippen LogP contribution in [0.2, 0.25) is 0 Å². The molecule has 0 aromatic heterocycles. The predicted octanol–water partition coefficient (Wildman–Crippen LogP) is 1.55. The minimum atomic E-state index is 0.447. The summed E-state index contributed by atoms with van der Waals surface area (Å²) >= 11 is 0. The second-order valence-electron chi connectivity index (χ2n) is 3.42. The molecule has 0 amide bonds. The molecule has 1 heterocycles. The summed E-state index contributed by atoms with van der Waals surface area (Å²) in [6, 6.07) is 0. The maximum Gasteiger partial charge on any atom is 0.0778 e. The quantitative estimate of drug-likeness (QED) is 0.620. The fraction of sp³-hybridized carbons (Fsp3) is 0.273. The lowest BCUT2D eigenvalue weighted by Crippen LogP contribution is -2.30. The summed E-state index contributed by atoms with van der Waals surface area (Å²) in [4.78, 5) is 0. The SMILES string of the molecule is C=C/C=C1/NC=C(C(C)C)N/C1=C/N. The Labute approximate surface area is 85.1 Å². The number of nitrogens with one attached hydrogen (secondary N) is 2. The maximum absolute atomic E-state index is 5.52. The molecule has 76 valence electrons. The van der Waals surface area contributed by atoms with E-state index in [4.69, 9.17) is 5.73 Å². The summed E-state index contributed by atoms with van der Waals surface area (Å²) in [7, 11) is 0. The monoisotopic (exact) mass is 191 g/mol. The molecule has 0 bridgehead atoms. The van der Waals surface area contributed by atoms with E-state index in [0.29, 0.717) is 5.92 Å². The van der Waals surface area contributed by atoms with E-state index in [1.807, 2.05) is 12.3 Å². The van der Waals surface area contributed by atoms with E-state index in [2.05, 4.69) is 31.1 Å². The van der Waals surface area contributed by atoms with Gasteiger partial charge in [0.15, 0.2) is 0 Å². The van der Waals surface area contributed by atoms with Gasteiger partial charge >= 0.3 is 0 Å². The van der Waals surface area contributed by atoms with Gasteiger partial charge in [-0.2, -0.15) is 0 Å². The van der Waals surface area contributed by atoms with Crippen molar-refractivity contribution in [2.24, 2.45) is 11.7 Å². The molecule has 14 heavy (non-hydrogen) atoms. The lowest BCUT2D eigenvalue weighted by molar-refractivity contribution is 0.669. The summed E-state index contributed by atoms with van der Waals surface area (Å²) in [6.45, 7) is 7.89. The van der Waals surface area contributed by atoms with Gasteiger partial charge in [0.25, 0.3) is 0 Å².